The monoisotopic (exact) mass is 282 g/mol. The molecule has 0 spiro atoms. The third-order valence-corrected chi connectivity index (χ3v) is 3.91. The molecule has 0 aliphatic carbocycles. The van der Waals surface area contributed by atoms with Gasteiger partial charge < -0.3 is 10.0 Å². The van der Waals surface area contributed by atoms with Gasteiger partial charge in [0.2, 0.25) is 0 Å². The predicted octanol–water partition coefficient (Wildman–Crippen LogP) is 2.22. The molecule has 0 fully saturated rings. The Bertz CT molecular complexity index is 737. The highest BCUT2D eigenvalue weighted by molar-refractivity contribution is 6.07. The zero-order valence-electron chi connectivity index (χ0n) is 12.2. The van der Waals surface area contributed by atoms with E-state index in [-0.39, 0.29) is 18.6 Å². The fourth-order valence-electron chi connectivity index (χ4n) is 2.82. The van der Waals surface area contributed by atoms with Crippen LogP contribution in [-0.4, -0.2) is 40.1 Å². The highest BCUT2D eigenvalue weighted by Crippen LogP contribution is 2.24. The number of rotatable bonds is 2. The lowest BCUT2D eigenvalue weighted by molar-refractivity contribution is 0.0702. The van der Waals surface area contributed by atoms with Crippen LogP contribution in [0.4, 0.5) is 0 Å². The lowest BCUT2D eigenvalue weighted by Crippen LogP contribution is -2.38. The van der Waals surface area contributed by atoms with Crippen molar-refractivity contribution >= 4 is 16.8 Å². The van der Waals surface area contributed by atoms with Crippen molar-refractivity contribution in [3.63, 3.8) is 0 Å². The minimum Gasteiger partial charge on any atom is -0.394 e. The van der Waals surface area contributed by atoms with Crippen LogP contribution in [0.1, 0.15) is 21.6 Å². The first-order chi connectivity index (χ1) is 10.1. The van der Waals surface area contributed by atoms with Crippen LogP contribution in [0.15, 0.2) is 36.4 Å². The van der Waals surface area contributed by atoms with Gasteiger partial charge in [-0.2, -0.15) is 0 Å². The summed E-state index contributed by atoms with van der Waals surface area (Å²) in [6.07, 6.45) is 3.79. The fourth-order valence-corrected chi connectivity index (χ4v) is 2.82. The largest absolute Gasteiger partial charge is 0.394 e. The quantitative estimate of drug-likeness (QED) is 0.859. The Morgan fingerprint density at radius 3 is 3.00 bits per heavy atom. The van der Waals surface area contributed by atoms with Gasteiger partial charge in [-0.05, 0) is 25.5 Å². The standard InChI is InChI=1S/C17H18N2O2/c1-11-5-3-7-14-15(9-12(2)18-16(11)14)17(21)19-8-4-6-13(19)10-20/h3-7,9,13,20H,8,10H2,1-2H3. The van der Waals surface area contributed by atoms with E-state index in [4.69, 9.17) is 0 Å². The number of aryl methyl sites for hydroxylation is 2. The van der Waals surface area contributed by atoms with Gasteiger partial charge in [-0.3, -0.25) is 9.78 Å². The van der Waals surface area contributed by atoms with Gasteiger partial charge in [-0.25, -0.2) is 0 Å². The molecule has 0 saturated heterocycles. The number of carbonyl (C=O) groups excluding carboxylic acids is 1. The van der Waals surface area contributed by atoms with Gasteiger partial charge in [0.05, 0.1) is 23.7 Å². The number of hydrogen-bond acceptors (Lipinski definition) is 3. The van der Waals surface area contributed by atoms with Gasteiger partial charge in [0.25, 0.3) is 5.91 Å². The molecule has 21 heavy (non-hydrogen) atoms. The molecule has 1 aliphatic rings. The van der Waals surface area contributed by atoms with E-state index < -0.39 is 0 Å². The number of aromatic nitrogens is 1. The number of carbonyl (C=O) groups is 1. The molecule has 4 nitrogen and oxygen atoms in total. The number of pyridine rings is 1. The normalized spacial score (nSPS) is 17.7. The van der Waals surface area contributed by atoms with E-state index in [1.165, 1.54) is 0 Å². The summed E-state index contributed by atoms with van der Waals surface area (Å²) in [5.41, 5.74) is 3.41. The van der Waals surface area contributed by atoms with Crippen LogP contribution in [0.25, 0.3) is 10.9 Å². The molecular weight excluding hydrogens is 264 g/mol. The molecular formula is C17H18N2O2. The smallest absolute Gasteiger partial charge is 0.255 e. The van der Waals surface area contributed by atoms with Crippen molar-refractivity contribution in [2.75, 3.05) is 13.2 Å². The molecule has 1 aliphatic heterocycles. The Hall–Kier alpha value is -2.20. The summed E-state index contributed by atoms with van der Waals surface area (Å²) in [4.78, 5) is 19.1. The summed E-state index contributed by atoms with van der Waals surface area (Å²) in [5, 5.41) is 10.3. The zero-order valence-corrected chi connectivity index (χ0v) is 12.2. The van der Waals surface area contributed by atoms with E-state index in [0.717, 1.165) is 22.2 Å². The van der Waals surface area contributed by atoms with Crippen LogP contribution in [0.2, 0.25) is 0 Å². The number of hydrogen-bond donors (Lipinski definition) is 1. The molecule has 1 aromatic heterocycles. The maximum absolute atomic E-state index is 12.8. The van der Waals surface area contributed by atoms with Gasteiger partial charge in [0.1, 0.15) is 0 Å². The maximum atomic E-state index is 12.8. The molecule has 1 atom stereocenters. The molecule has 0 saturated carbocycles. The second-order valence-electron chi connectivity index (χ2n) is 5.42. The highest BCUT2D eigenvalue weighted by atomic mass is 16.3. The average molecular weight is 282 g/mol. The number of benzene rings is 1. The van der Waals surface area contributed by atoms with Crippen molar-refractivity contribution in [3.05, 3.63) is 53.2 Å². The van der Waals surface area contributed by atoms with E-state index in [1.54, 1.807) is 4.90 Å². The Balaban J connectivity index is 2.12. The summed E-state index contributed by atoms with van der Waals surface area (Å²) in [5.74, 6) is -0.0554. The van der Waals surface area contributed by atoms with Crippen molar-refractivity contribution in [3.8, 4) is 0 Å². The van der Waals surface area contributed by atoms with E-state index in [1.807, 2.05) is 50.3 Å². The SMILES string of the molecule is Cc1cc(C(=O)N2CC=CC2CO)c2cccc(C)c2n1. The molecule has 1 aromatic carbocycles. The van der Waals surface area contributed by atoms with Crippen LogP contribution in [0.3, 0.4) is 0 Å². The molecule has 1 amide bonds. The highest BCUT2D eigenvalue weighted by Gasteiger charge is 2.26. The first-order valence-corrected chi connectivity index (χ1v) is 7.07. The van der Waals surface area contributed by atoms with E-state index >= 15 is 0 Å². The lowest BCUT2D eigenvalue weighted by atomic mass is 10.0. The van der Waals surface area contributed by atoms with Crippen LogP contribution < -0.4 is 0 Å². The lowest BCUT2D eigenvalue weighted by Gasteiger charge is -2.24. The Morgan fingerprint density at radius 1 is 1.43 bits per heavy atom. The van der Waals surface area contributed by atoms with Crippen LogP contribution in [0.5, 0.6) is 0 Å². The van der Waals surface area contributed by atoms with E-state index in [0.29, 0.717) is 12.1 Å². The van der Waals surface area contributed by atoms with Crippen molar-refractivity contribution in [2.24, 2.45) is 0 Å². The minimum atomic E-state index is -0.231. The molecule has 0 bridgehead atoms. The number of amides is 1. The second-order valence-corrected chi connectivity index (χ2v) is 5.42. The number of fused-ring (bicyclic) bond motifs is 1. The topological polar surface area (TPSA) is 53.4 Å². The number of para-hydroxylation sites is 1. The second kappa shape index (κ2) is 5.30. The first kappa shape index (κ1) is 13.8. The summed E-state index contributed by atoms with van der Waals surface area (Å²) < 4.78 is 0. The van der Waals surface area contributed by atoms with Gasteiger partial charge >= 0.3 is 0 Å². The van der Waals surface area contributed by atoms with Gasteiger partial charge in [-0.1, -0.05) is 30.4 Å². The molecule has 3 rings (SSSR count). The molecule has 1 N–H and O–H groups in total. The summed E-state index contributed by atoms with van der Waals surface area (Å²) in [7, 11) is 0. The third kappa shape index (κ3) is 2.32. The van der Waals surface area contributed by atoms with Crippen molar-refractivity contribution < 1.29 is 9.90 Å². The average Bonchev–Trinajstić information content (AvgIpc) is 2.95. The number of aliphatic hydroxyl groups excluding tert-OH is 1. The van der Waals surface area contributed by atoms with Crippen LogP contribution in [0, 0.1) is 13.8 Å². The molecule has 108 valence electrons. The van der Waals surface area contributed by atoms with Gasteiger partial charge in [0.15, 0.2) is 0 Å². The molecule has 4 heteroatoms. The van der Waals surface area contributed by atoms with Gasteiger partial charge in [-0.15, -0.1) is 0 Å². The molecule has 1 unspecified atom stereocenters. The molecule has 2 heterocycles. The number of aliphatic hydroxyl groups is 1. The molecule has 2 aromatic rings. The van der Waals surface area contributed by atoms with Crippen LogP contribution >= 0.6 is 0 Å². The molecule has 0 radical (unpaired) electrons. The number of nitrogens with zero attached hydrogens (tertiary/aromatic N) is 2. The summed E-state index contributed by atoms with van der Waals surface area (Å²) in [6.45, 7) is 4.38. The minimum absolute atomic E-state index is 0.0523. The Kier molecular flexibility index (Phi) is 3.47. The zero-order chi connectivity index (χ0) is 15.0. The van der Waals surface area contributed by atoms with E-state index in [2.05, 4.69) is 4.98 Å². The fraction of sp³-hybridized carbons (Fsp3) is 0.294. The summed E-state index contributed by atoms with van der Waals surface area (Å²) >= 11 is 0. The first-order valence-electron chi connectivity index (χ1n) is 7.07. The van der Waals surface area contributed by atoms with Crippen molar-refractivity contribution in [2.45, 2.75) is 19.9 Å². The van der Waals surface area contributed by atoms with Crippen molar-refractivity contribution in [1.29, 1.82) is 0 Å². The Labute approximate surface area is 123 Å². The third-order valence-electron chi connectivity index (χ3n) is 3.91. The van der Waals surface area contributed by atoms with Crippen molar-refractivity contribution in [1.82, 2.24) is 9.88 Å². The Morgan fingerprint density at radius 2 is 2.24 bits per heavy atom. The maximum Gasteiger partial charge on any atom is 0.255 e. The summed E-state index contributed by atoms with van der Waals surface area (Å²) in [6, 6.07) is 7.47. The van der Waals surface area contributed by atoms with Gasteiger partial charge in [0, 0.05) is 17.6 Å². The predicted molar refractivity (Wildman–Crippen MR) is 82.3 cm³/mol. The van der Waals surface area contributed by atoms with Crippen LogP contribution in [-0.2, 0) is 0 Å². The van der Waals surface area contributed by atoms with E-state index in [9.17, 15) is 9.90 Å².